The van der Waals surface area contributed by atoms with Gasteiger partial charge in [0.1, 0.15) is 0 Å². The molecule has 1 aliphatic rings. The van der Waals surface area contributed by atoms with E-state index in [2.05, 4.69) is 0 Å². The minimum Gasteiger partial charge on any atom is -0.372 e. The van der Waals surface area contributed by atoms with Crippen LogP contribution < -0.4 is 4.90 Å². The van der Waals surface area contributed by atoms with E-state index in [9.17, 15) is 39.0 Å². The number of nitrogens with zero attached hydrogens (tertiary/aromatic N) is 2. The van der Waals surface area contributed by atoms with Crippen molar-refractivity contribution in [1.82, 2.24) is 0 Å². The molecular formula is C12H12F6N2O3S2. The Morgan fingerprint density at radius 1 is 0.840 bits per heavy atom. The molecular weight excluding hydrogens is 398 g/mol. The number of benzene rings is 1. The zero-order valence-corrected chi connectivity index (χ0v) is 14.0. The Morgan fingerprint density at radius 2 is 1.32 bits per heavy atom. The van der Waals surface area contributed by atoms with E-state index in [-0.39, 0.29) is 0 Å². The molecule has 1 aliphatic heterocycles. The summed E-state index contributed by atoms with van der Waals surface area (Å²) >= 11 is 0. The zero-order valence-electron chi connectivity index (χ0n) is 12.3. The van der Waals surface area contributed by atoms with Crippen molar-refractivity contribution in [3.63, 3.8) is 0 Å². The van der Waals surface area contributed by atoms with E-state index in [0.717, 1.165) is 25.0 Å². The molecule has 0 saturated carbocycles. The number of hydrogen-bond donors (Lipinski definition) is 0. The van der Waals surface area contributed by atoms with Crippen LogP contribution in [-0.2, 0) is 19.8 Å². The first-order chi connectivity index (χ1) is 11.3. The fourth-order valence-corrected chi connectivity index (χ4v) is 5.11. The average Bonchev–Trinajstić information content (AvgIpc) is 2.98. The number of alkyl halides is 6. The molecule has 25 heavy (non-hydrogen) atoms. The van der Waals surface area contributed by atoms with Crippen LogP contribution in [0.2, 0.25) is 0 Å². The molecule has 0 radical (unpaired) electrons. The van der Waals surface area contributed by atoms with Crippen molar-refractivity contribution >= 4 is 25.4 Å². The van der Waals surface area contributed by atoms with Gasteiger partial charge in [-0.3, -0.25) is 0 Å². The van der Waals surface area contributed by atoms with Crippen LogP contribution in [-0.4, -0.2) is 36.7 Å². The number of sulfonamides is 1. The summed E-state index contributed by atoms with van der Waals surface area (Å²) in [4.78, 5) is 0.666. The van der Waals surface area contributed by atoms with Gasteiger partial charge in [0, 0.05) is 18.8 Å². The van der Waals surface area contributed by atoms with Crippen molar-refractivity contribution in [1.29, 1.82) is 0 Å². The highest BCUT2D eigenvalue weighted by Gasteiger charge is 2.52. The van der Waals surface area contributed by atoms with E-state index in [1.54, 1.807) is 3.77 Å². The van der Waals surface area contributed by atoms with Gasteiger partial charge in [-0.1, -0.05) is 3.77 Å². The lowest BCUT2D eigenvalue weighted by Crippen LogP contribution is -2.28. The van der Waals surface area contributed by atoms with Gasteiger partial charge in [0.2, 0.25) is 0 Å². The van der Waals surface area contributed by atoms with E-state index in [1.165, 1.54) is 0 Å². The molecule has 13 heteroatoms. The SMILES string of the molecule is O=S(=O)(N=[S@](=O)(c1ccc(N2CCCC2)cc1)C(F)(F)F)C(F)(F)F. The van der Waals surface area contributed by atoms with Crippen molar-refractivity contribution in [2.45, 2.75) is 28.8 Å². The highest BCUT2D eigenvalue weighted by atomic mass is 32.3. The maximum atomic E-state index is 13.1. The standard InChI is InChI=1S/C12H12F6N2O3S2/c13-11(14,15)24(21,19-25(22,23)12(16,17)18)10-5-3-9(4-6-10)20-7-1-2-8-20/h3-6H,1-2,7-8H2/t24-/m0/s1. The predicted octanol–water partition coefficient (Wildman–Crippen LogP) is 3.48. The monoisotopic (exact) mass is 410 g/mol. The van der Waals surface area contributed by atoms with Crippen molar-refractivity contribution in [3.8, 4) is 0 Å². The van der Waals surface area contributed by atoms with Crippen molar-refractivity contribution in [2.75, 3.05) is 18.0 Å². The molecule has 1 heterocycles. The van der Waals surface area contributed by atoms with Crippen LogP contribution in [0.15, 0.2) is 32.9 Å². The van der Waals surface area contributed by atoms with Crippen LogP contribution >= 0.6 is 0 Å². The van der Waals surface area contributed by atoms with Gasteiger partial charge in [0.25, 0.3) is 0 Å². The number of anilines is 1. The number of hydrogen-bond acceptors (Lipinski definition) is 4. The molecule has 0 N–H and O–H groups in total. The smallest absolute Gasteiger partial charge is 0.372 e. The normalized spacial score (nSPS) is 18.9. The van der Waals surface area contributed by atoms with E-state index in [1.807, 2.05) is 4.90 Å². The molecule has 1 aromatic carbocycles. The Labute approximate surface area is 139 Å². The Balaban J connectivity index is 2.57. The van der Waals surface area contributed by atoms with Crippen molar-refractivity contribution in [3.05, 3.63) is 24.3 Å². The minimum atomic E-state index is -6.59. The average molecular weight is 410 g/mol. The van der Waals surface area contributed by atoms with Gasteiger partial charge in [0.05, 0.1) is 4.90 Å². The van der Waals surface area contributed by atoms with Crippen LogP contribution in [0.5, 0.6) is 0 Å². The first-order valence-electron chi connectivity index (χ1n) is 6.79. The Bertz CT molecular complexity index is 846. The van der Waals surface area contributed by atoms with Gasteiger partial charge in [-0.15, -0.1) is 0 Å². The molecule has 5 nitrogen and oxygen atoms in total. The topological polar surface area (TPSA) is 66.8 Å². The molecule has 0 aliphatic carbocycles. The Morgan fingerprint density at radius 3 is 1.72 bits per heavy atom. The number of halogens is 6. The minimum absolute atomic E-state index is 0.490. The highest BCUT2D eigenvalue weighted by Crippen LogP contribution is 2.37. The van der Waals surface area contributed by atoms with E-state index >= 15 is 0 Å². The van der Waals surface area contributed by atoms with Crippen LogP contribution in [0, 0.1) is 0 Å². The molecule has 1 fully saturated rings. The van der Waals surface area contributed by atoms with Gasteiger partial charge in [0.15, 0.2) is 9.73 Å². The molecule has 1 saturated heterocycles. The molecule has 0 unspecified atom stereocenters. The van der Waals surface area contributed by atoms with Crippen LogP contribution in [0.3, 0.4) is 0 Å². The summed E-state index contributed by atoms with van der Waals surface area (Å²) < 4.78 is 112. The maximum Gasteiger partial charge on any atom is 0.519 e. The van der Waals surface area contributed by atoms with Gasteiger partial charge >= 0.3 is 21.0 Å². The molecule has 0 bridgehead atoms. The largest absolute Gasteiger partial charge is 0.519 e. The zero-order chi connectivity index (χ0) is 19.1. The second kappa shape index (κ2) is 6.34. The van der Waals surface area contributed by atoms with E-state index < -0.39 is 35.7 Å². The number of rotatable bonds is 3. The first kappa shape index (κ1) is 19.8. The third kappa shape index (κ3) is 3.86. The third-order valence-corrected chi connectivity index (χ3v) is 7.19. The van der Waals surface area contributed by atoms with Crippen molar-refractivity contribution < 1.29 is 39.0 Å². The molecule has 1 atom stereocenters. The van der Waals surface area contributed by atoms with Gasteiger partial charge in [-0.25, -0.2) is 4.21 Å². The summed E-state index contributed by atoms with van der Waals surface area (Å²) in [6.07, 6.45) is 1.75. The molecule has 0 aromatic heterocycles. The highest BCUT2D eigenvalue weighted by molar-refractivity contribution is 8.04. The van der Waals surface area contributed by atoms with Crippen LogP contribution in [0.25, 0.3) is 0 Å². The first-order valence-corrected chi connectivity index (χ1v) is 9.74. The molecule has 2 rings (SSSR count). The lowest BCUT2D eigenvalue weighted by Gasteiger charge is -2.19. The predicted molar refractivity (Wildman–Crippen MR) is 77.8 cm³/mol. The summed E-state index contributed by atoms with van der Waals surface area (Å²) in [6.45, 7) is 1.31. The fourth-order valence-electron chi connectivity index (χ4n) is 2.22. The van der Waals surface area contributed by atoms with Crippen LogP contribution in [0.4, 0.5) is 32.0 Å². The third-order valence-electron chi connectivity index (χ3n) is 3.44. The Hall–Kier alpha value is -1.50. The van der Waals surface area contributed by atoms with E-state index in [4.69, 9.17) is 0 Å². The second-order valence-corrected chi connectivity index (χ2v) is 9.15. The lowest BCUT2D eigenvalue weighted by molar-refractivity contribution is -0.0442. The molecule has 142 valence electrons. The summed E-state index contributed by atoms with van der Waals surface area (Å²) in [6, 6.07) is 3.64. The van der Waals surface area contributed by atoms with Gasteiger partial charge in [-0.05, 0) is 37.1 Å². The maximum absolute atomic E-state index is 13.1. The van der Waals surface area contributed by atoms with Gasteiger partial charge < -0.3 is 4.90 Å². The Kier molecular flexibility index (Phi) is 5.03. The summed E-state index contributed by atoms with van der Waals surface area (Å²) in [7, 11) is -12.5. The lowest BCUT2D eigenvalue weighted by atomic mass is 10.3. The molecule has 0 amide bonds. The molecule has 1 aromatic rings. The summed E-state index contributed by atoms with van der Waals surface area (Å²) in [5.74, 6) is 0. The molecule has 0 spiro atoms. The quantitative estimate of drug-likeness (QED) is 0.716. The van der Waals surface area contributed by atoms with Crippen LogP contribution in [0.1, 0.15) is 12.8 Å². The second-order valence-electron chi connectivity index (χ2n) is 5.15. The van der Waals surface area contributed by atoms with Gasteiger partial charge in [-0.2, -0.15) is 34.8 Å². The summed E-state index contributed by atoms with van der Waals surface area (Å²) in [5.41, 5.74) is -11.4. The summed E-state index contributed by atoms with van der Waals surface area (Å²) in [5, 5.41) is 0. The fraction of sp³-hybridized carbons (Fsp3) is 0.500. The van der Waals surface area contributed by atoms with Crippen molar-refractivity contribution in [2.24, 2.45) is 3.77 Å². The van der Waals surface area contributed by atoms with E-state index in [0.29, 0.717) is 30.9 Å².